The average molecular weight is 607 g/mol. The zero-order valence-corrected chi connectivity index (χ0v) is 25.6. The van der Waals surface area contributed by atoms with Crippen LogP contribution in [0.3, 0.4) is 0 Å². The maximum atomic E-state index is 11.4. The van der Waals surface area contributed by atoms with Crippen molar-refractivity contribution in [2.45, 2.75) is 88.9 Å². The van der Waals surface area contributed by atoms with Crippen LogP contribution in [0.2, 0.25) is 23.3 Å². The van der Waals surface area contributed by atoms with E-state index in [4.69, 9.17) is 30.2 Å². The van der Waals surface area contributed by atoms with Crippen molar-refractivity contribution in [2.75, 3.05) is 6.61 Å². The molecule has 0 spiro atoms. The fourth-order valence-corrected chi connectivity index (χ4v) is 5.01. The quantitative estimate of drug-likeness (QED) is 0.273. The van der Waals surface area contributed by atoms with E-state index in [2.05, 4.69) is 90.3 Å². The van der Waals surface area contributed by atoms with Crippen LogP contribution in [0.1, 0.15) is 41.0 Å². The molecule has 198 valence electrons. The van der Waals surface area contributed by atoms with Gasteiger partial charge in [-0.2, -0.15) is 0 Å². The van der Waals surface area contributed by atoms with Crippen LogP contribution in [0, 0.1) is 35.5 Å². The molecule has 0 aromatic carbocycles. The van der Waals surface area contributed by atoms with Gasteiger partial charge in [-0.15, -0.1) is 0 Å². The molecule has 1 N–H and O–H groups in total. The van der Waals surface area contributed by atoms with Gasteiger partial charge in [-0.1, -0.05) is 56.1 Å². The highest BCUT2D eigenvalue weighted by atomic mass is 79.9. The topological polar surface area (TPSA) is 70.0 Å². The van der Waals surface area contributed by atoms with E-state index in [1.54, 1.807) is 38.3 Å². The van der Waals surface area contributed by atoms with E-state index >= 15 is 0 Å². The molecule has 1 aromatic heterocycles. The number of aromatic nitrogens is 1. The summed E-state index contributed by atoms with van der Waals surface area (Å²) in [4.78, 5) is 4.11. The van der Waals surface area contributed by atoms with Crippen molar-refractivity contribution in [2.24, 2.45) is 0 Å². The lowest BCUT2D eigenvalue weighted by Gasteiger charge is -2.39. The molecule has 37 heavy (non-hydrogen) atoms. The Morgan fingerprint density at radius 3 is 2.62 bits per heavy atom. The van der Waals surface area contributed by atoms with Gasteiger partial charge in [0.25, 0.3) is 0 Å². The molecular formula is C28H33BrClNO5Si. The van der Waals surface area contributed by atoms with Crippen LogP contribution >= 0.6 is 27.5 Å². The van der Waals surface area contributed by atoms with Gasteiger partial charge in [0.15, 0.2) is 36.7 Å². The van der Waals surface area contributed by atoms with E-state index in [-0.39, 0.29) is 23.2 Å². The SMILES string of the molecule is CC1(C)OC[C@H]([C@]2(O)C#C/C(Br)=C\[C@@H](Oc3cccnc3Cl)[C@H](O[Si](C)(C)C(C)(C)C)C#CC#CC2)O1. The number of aliphatic hydroxyl groups is 1. The van der Waals surface area contributed by atoms with Crippen molar-refractivity contribution < 1.29 is 23.7 Å². The third kappa shape index (κ3) is 7.85. The van der Waals surface area contributed by atoms with Gasteiger partial charge in [-0.25, -0.2) is 4.98 Å². The summed E-state index contributed by atoms with van der Waals surface area (Å²) in [5.41, 5.74) is -1.56. The fourth-order valence-electron chi connectivity index (χ4n) is 3.31. The van der Waals surface area contributed by atoms with Gasteiger partial charge < -0.3 is 23.7 Å². The zero-order chi connectivity index (χ0) is 27.5. The van der Waals surface area contributed by atoms with Crippen LogP contribution in [-0.2, 0) is 13.9 Å². The van der Waals surface area contributed by atoms with Gasteiger partial charge >= 0.3 is 0 Å². The number of nitrogens with zero attached hydrogens (tertiary/aromatic N) is 1. The summed E-state index contributed by atoms with van der Waals surface area (Å²) in [5, 5.41) is 11.5. The van der Waals surface area contributed by atoms with E-state index < -0.39 is 38.0 Å². The Labute approximate surface area is 234 Å². The first-order valence-electron chi connectivity index (χ1n) is 12.0. The van der Waals surface area contributed by atoms with E-state index in [1.807, 2.05) is 0 Å². The molecule has 1 aliphatic heterocycles. The first kappa shape index (κ1) is 29.7. The zero-order valence-electron chi connectivity index (χ0n) is 22.2. The molecule has 0 radical (unpaired) electrons. The molecule has 6 nitrogen and oxygen atoms in total. The first-order chi connectivity index (χ1) is 17.1. The van der Waals surface area contributed by atoms with E-state index in [0.29, 0.717) is 10.2 Å². The van der Waals surface area contributed by atoms with Gasteiger partial charge in [0.05, 0.1) is 17.5 Å². The Bertz CT molecular complexity index is 1220. The number of hydrogen-bond donors (Lipinski definition) is 1. The standard InChI is InChI=1S/C28H33BrClNO5Si/c1-26(2,3)37(6,7)36-21-12-9-8-10-15-28(32,24-19-33-27(4,5)35-24)16-14-20(29)18-23(21)34-22-13-11-17-31-25(22)30/h11,13,17-18,21,23-24,32H,15,19H2,1-7H3/b20-18+/t21-,23-,24-,28-/m1/s1. The number of hydrogen-bond acceptors (Lipinski definition) is 6. The Kier molecular flexibility index (Phi) is 9.26. The van der Waals surface area contributed by atoms with Crippen molar-refractivity contribution >= 4 is 35.8 Å². The third-order valence-electron chi connectivity index (χ3n) is 6.49. The maximum Gasteiger partial charge on any atom is 0.193 e. The highest BCUT2D eigenvalue weighted by Crippen LogP contribution is 2.38. The van der Waals surface area contributed by atoms with Crippen molar-refractivity contribution in [3.05, 3.63) is 34.0 Å². The van der Waals surface area contributed by atoms with Crippen LogP contribution in [0.5, 0.6) is 5.75 Å². The minimum atomic E-state index is -2.26. The molecule has 1 fully saturated rings. The molecule has 0 bridgehead atoms. The van der Waals surface area contributed by atoms with Crippen molar-refractivity contribution in [1.82, 2.24) is 4.98 Å². The predicted molar refractivity (Wildman–Crippen MR) is 151 cm³/mol. The van der Waals surface area contributed by atoms with Crippen LogP contribution in [-0.4, -0.2) is 54.7 Å². The number of halogens is 2. The van der Waals surface area contributed by atoms with E-state index in [1.165, 1.54) is 0 Å². The van der Waals surface area contributed by atoms with Gasteiger partial charge in [0.2, 0.25) is 0 Å². The lowest BCUT2D eigenvalue weighted by Crippen LogP contribution is -2.47. The number of ether oxygens (including phenoxy) is 3. The van der Waals surface area contributed by atoms with Crippen molar-refractivity contribution in [3.63, 3.8) is 0 Å². The van der Waals surface area contributed by atoms with Crippen LogP contribution in [0.15, 0.2) is 28.9 Å². The Morgan fingerprint density at radius 1 is 1.27 bits per heavy atom. The number of allylic oxidation sites excluding steroid dienone is 1. The predicted octanol–water partition coefficient (Wildman–Crippen LogP) is 5.45. The number of rotatable bonds is 5. The monoisotopic (exact) mass is 605 g/mol. The molecule has 3 rings (SSSR count). The third-order valence-corrected chi connectivity index (χ3v) is 11.7. The summed E-state index contributed by atoms with van der Waals surface area (Å²) >= 11 is 9.83. The van der Waals surface area contributed by atoms with Crippen LogP contribution < -0.4 is 4.74 Å². The smallest absolute Gasteiger partial charge is 0.193 e. The summed E-state index contributed by atoms with van der Waals surface area (Å²) < 4.78 is 25.0. The first-order valence-corrected chi connectivity index (χ1v) is 16.1. The Morgan fingerprint density at radius 2 is 2.00 bits per heavy atom. The molecule has 4 atom stereocenters. The summed E-state index contributed by atoms with van der Waals surface area (Å²) in [6.45, 7) is 14.5. The average Bonchev–Trinajstić information content (AvgIpc) is 3.16. The van der Waals surface area contributed by atoms with Gasteiger partial charge in [-0.3, -0.25) is 0 Å². The lowest BCUT2D eigenvalue weighted by molar-refractivity contribution is -0.159. The van der Waals surface area contributed by atoms with Crippen molar-refractivity contribution in [3.8, 4) is 41.3 Å². The maximum absolute atomic E-state index is 11.4. The second-order valence-corrected chi connectivity index (χ2v) is 16.9. The van der Waals surface area contributed by atoms with Gasteiger partial charge in [0, 0.05) is 6.20 Å². The lowest BCUT2D eigenvalue weighted by atomic mass is 9.93. The normalized spacial score (nSPS) is 29.0. The summed E-state index contributed by atoms with van der Waals surface area (Å²) in [6, 6.07) is 3.47. The summed E-state index contributed by atoms with van der Waals surface area (Å²) in [6.07, 6.45) is 1.35. The molecule has 2 heterocycles. The molecule has 1 aliphatic carbocycles. The molecule has 1 saturated heterocycles. The minimum Gasteiger partial charge on any atom is -0.479 e. The fraction of sp³-hybridized carbons (Fsp3) is 0.536. The Hall–Kier alpha value is -1.80. The van der Waals surface area contributed by atoms with E-state index in [0.717, 1.165) is 0 Å². The molecule has 0 unspecified atom stereocenters. The molecular weight excluding hydrogens is 574 g/mol. The van der Waals surface area contributed by atoms with E-state index in [9.17, 15) is 5.11 Å². The van der Waals surface area contributed by atoms with Crippen molar-refractivity contribution in [1.29, 1.82) is 0 Å². The number of pyridine rings is 1. The minimum absolute atomic E-state index is 0.0397. The second-order valence-electron chi connectivity index (χ2n) is 10.9. The molecule has 0 amide bonds. The Balaban J connectivity index is 2.05. The highest BCUT2D eigenvalue weighted by molar-refractivity contribution is 9.12. The summed E-state index contributed by atoms with van der Waals surface area (Å²) in [5.74, 6) is 17.3. The van der Waals surface area contributed by atoms with Gasteiger partial charge in [0.1, 0.15) is 12.2 Å². The summed E-state index contributed by atoms with van der Waals surface area (Å²) in [7, 11) is -2.26. The second kappa shape index (κ2) is 11.5. The highest BCUT2D eigenvalue weighted by Gasteiger charge is 2.45. The van der Waals surface area contributed by atoms with Crippen LogP contribution in [0.4, 0.5) is 0 Å². The van der Waals surface area contributed by atoms with Gasteiger partial charge in [-0.05, 0) is 78.0 Å². The molecule has 2 aliphatic rings. The largest absolute Gasteiger partial charge is 0.479 e. The molecule has 1 aromatic rings. The van der Waals surface area contributed by atoms with Crippen LogP contribution in [0.25, 0.3) is 0 Å². The molecule has 9 heteroatoms. The molecule has 0 saturated carbocycles.